The van der Waals surface area contributed by atoms with Gasteiger partial charge in [-0.1, -0.05) is 0 Å². The Morgan fingerprint density at radius 3 is 2.38 bits per heavy atom. The molecule has 1 aromatic heterocycles. The van der Waals surface area contributed by atoms with Crippen molar-refractivity contribution < 1.29 is 8.42 Å². The highest BCUT2D eigenvalue weighted by molar-refractivity contribution is 7.93. The molecular formula is C14H16N4O2S. The fourth-order valence-corrected chi connectivity index (χ4v) is 3.31. The van der Waals surface area contributed by atoms with Crippen LogP contribution in [-0.4, -0.2) is 23.6 Å². The minimum absolute atomic E-state index is 0.223. The zero-order valence-electron chi connectivity index (χ0n) is 11.6. The molecule has 0 saturated heterocycles. The molecule has 21 heavy (non-hydrogen) atoms. The van der Waals surface area contributed by atoms with Gasteiger partial charge in [0.05, 0.1) is 5.25 Å². The van der Waals surface area contributed by atoms with Gasteiger partial charge in [0.25, 0.3) is 0 Å². The first-order chi connectivity index (χ1) is 10.0. The van der Waals surface area contributed by atoms with Crippen LogP contribution in [0, 0.1) is 6.92 Å². The number of sulfonamides is 1. The number of hydrogen-bond donors (Lipinski definition) is 2. The Balaban J connectivity index is 1.69. The first-order valence-electron chi connectivity index (χ1n) is 6.70. The summed E-state index contributed by atoms with van der Waals surface area (Å²) in [6.07, 6.45) is 3.00. The summed E-state index contributed by atoms with van der Waals surface area (Å²) in [5.41, 5.74) is 2.29. The van der Waals surface area contributed by atoms with E-state index in [0.717, 1.165) is 24.2 Å². The van der Waals surface area contributed by atoms with Crippen molar-refractivity contribution in [2.24, 2.45) is 0 Å². The molecule has 6 nitrogen and oxygen atoms in total. The second-order valence-electron chi connectivity index (χ2n) is 5.09. The smallest absolute Gasteiger partial charge is 0.235 e. The van der Waals surface area contributed by atoms with E-state index >= 15 is 0 Å². The Morgan fingerprint density at radius 2 is 1.76 bits per heavy atom. The van der Waals surface area contributed by atoms with Crippen LogP contribution in [0.25, 0.3) is 0 Å². The van der Waals surface area contributed by atoms with Crippen LogP contribution in [0.5, 0.6) is 0 Å². The van der Waals surface area contributed by atoms with Gasteiger partial charge < -0.3 is 5.32 Å². The molecular weight excluding hydrogens is 288 g/mol. The van der Waals surface area contributed by atoms with Gasteiger partial charge in [0, 0.05) is 23.1 Å². The lowest BCUT2D eigenvalue weighted by Crippen LogP contribution is -2.17. The maximum Gasteiger partial charge on any atom is 0.235 e. The van der Waals surface area contributed by atoms with Gasteiger partial charge in [0.1, 0.15) is 12.1 Å². The van der Waals surface area contributed by atoms with E-state index in [1.165, 1.54) is 6.33 Å². The third kappa shape index (κ3) is 3.49. The van der Waals surface area contributed by atoms with E-state index in [1.807, 2.05) is 25.1 Å². The fraction of sp³-hybridized carbons (Fsp3) is 0.286. The second kappa shape index (κ2) is 5.33. The van der Waals surface area contributed by atoms with E-state index in [4.69, 9.17) is 0 Å². The Hall–Kier alpha value is -2.15. The lowest BCUT2D eigenvalue weighted by Gasteiger charge is -2.09. The number of rotatable bonds is 5. The van der Waals surface area contributed by atoms with E-state index in [1.54, 1.807) is 12.1 Å². The van der Waals surface area contributed by atoms with Crippen molar-refractivity contribution in [2.45, 2.75) is 25.0 Å². The van der Waals surface area contributed by atoms with Crippen molar-refractivity contribution in [2.75, 3.05) is 10.0 Å². The first-order valence-corrected chi connectivity index (χ1v) is 8.25. The van der Waals surface area contributed by atoms with Gasteiger partial charge in [-0.15, -0.1) is 0 Å². The predicted molar refractivity (Wildman–Crippen MR) is 82.1 cm³/mol. The molecule has 0 aliphatic heterocycles. The quantitative estimate of drug-likeness (QED) is 0.886. The number of nitrogens with one attached hydrogen (secondary N) is 2. The Labute approximate surface area is 123 Å². The standard InChI is InChI=1S/C14H16N4O2S/c1-10-8-14(16-9-15-10)17-11-2-4-12(5-3-11)18-21(19,20)13-6-7-13/h2-5,8-9,13,18H,6-7H2,1H3,(H,15,16,17). The Morgan fingerprint density at radius 1 is 1.10 bits per heavy atom. The van der Waals surface area contributed by atoms with Crippen LogP contribution in [0.1, 0.15) is 18.5 Å². The molecule has 0 amide bonds. The summed E-state index contributed by atoms with van der Waals surface area (Å²) < 4.78 is 26.3. The van der Waals surface area contributed by atoms with Gasteiger partial charge in [-0.2, -0.15) is 0 Å². The van der Waals surface area contributed by atoms with E-state index < -0.39 is 10.0 Å². The monoisotopic (exact) mass is 304 g/mol. The van der Waals surface area contributed by atoms with Gasteiger partial charge in [-0.3, -0.25) is 4.72 Å². The molecule has 1 fully saturated rings. The zero-order chi connectivity index (χ0) is 14.9. The van der Waals surface area contributed by atoms with Crippen LogP contribution in [0.15, 0.2) is 36.7 Å². The first kappa shape index (κ1) is 13.8. The fourth-order valence-electron chi connectivity index (χ4n) is 1.92. The average molecular weight is 304 g/mol. The molecule has 110 valence electrons. The van der Waals surface area contributed by atoms with Crippen molar-refractivity contribution in [3.8, 4) is 0 Å². The van der Waals surface area contributed by atoms with E-state index in [-0.39, 0.29) is 5.25 Å². The topological polar surface area (TPSA) is 84.0 Å². The molecule has 1 aromatic carbocycles. The van der Waals surface area contributed by atoms with E-state index in [9.17, 15) is 8.42 Å². The van der Waals surface area contributed by atoms with Crippen molar-refractivity contribution >= 4 is 27.2 Å². The number of benzene rings is 1. The summed E-state index contributed by atoms with van der Waals surface area (Å²) in [7, 11) is -3.21. The Kier molecular flexibility index (Phi) is 3.50. The maximum atomic E-state index is 11.8. The van der Waals surface area contributed by atoms with Gasteiger partial charge in [-0.25, -0.2) is 18.4 Å². The number of hydrogen-bond acceptors (Lipinski definition) is 5. The molecule has 1 aliphatic carbocycles. The number of nitrogens with zero attached hydrogens (tertiary/aromatic N) is 2. The minimum atomic E-state index is -3.21. The molecule has 0 atom stereocenters. The van der Waals surface area contributed by atoms with Crippen LogP contribution in [0.4, 0.5) is 17.2 Å². The minimum Gasteiger partial charge on any atom is -0.340 e. The summed E-state index contributed by atoms with van der Waals surface area (Å²) in [4.78, 5) is 8.14. The van der Waals surface area contributed by atoms with E-state index in [0.29, 0.717) is 11.5 Å². The number of aromatic nitrogens is 2. The van der Waals surface area contributed by atoms with Gasteiger partial charge in [0.2, 0.25) is 10.0 Å². The summed E-state index contributed by atoms with van der Waals surface area (Å²) >= 11 is 0. The summed E-state index contributed by atoms with van der Waals surface area (Å²) in [5.74, 6) is 0.703. The van der Waals surface area contributed by atoms with Crippen molar-refractivity contribution in [1.29, 1.82) is 0 Å². The zero-order valence-corrected chi connectivity index (χ0v) is 12.4. The highest BCUT2D eigenvalue weighted by Crippen LogP contribution is 2.30. The SMILES string of the molecule is Cc1cc(Nc2ccc(NS(=O)(=O)C3CC3)cc2)ncn1. The molecule has 3 rings (SSSR count). The molecule has 1 heterocycles. The molecule has 2 aromatic rings. The maximum absolute atomic E-state index is 11.8. The van der Waals surface area contributed by atoms with Crippen LogP contribution in [0.3, 0.4) is 0 Å². The lowest BCUT2D eigenvalue weighted by atomic mass is 10.3. The highest BCUT2D eigenvalue weighted by Gasteiger charge is 2.35. The molecule has 1 saturated carbocycles. The van der Waals surface area contributed by atoms with E-state index in [2.05, 4.69) is 20.0 Å². The third-order valence-electron chi connectivity index (χ3n) is 3.18. The molecule has 0 bridgehead atoms. The molecule has 2 N–H and O–H groups in total. The molecule has 1 aliphatic rings. The van der Waals surface area contributed by atoms with Crippen LogP contribution in [0.2, 0.25) is 0 Å². The predicted octanol–water partition coefficient (Wildman–Crippen LogP) is 2.43. The number of anilines is 3. The van der Waals surface area contributed by atoms with Crippen LogP contribution < -0.4 is 10.0 Å². The van der Waals surface area contributed by atoms with Gasteiger partial charge in [0.15, 0.2) is 0 Å². The largest absolute Gasteiger partial charge is 0.340 e. The van der Waals surface area contributed by atoms with Gasteiger partial charge in [-0.05, 0) is 44.0 Å². The summed E-state index contributed by atoms with van der Waals surface area (Å²) in [5, 5.41) is 2.92. The second-order valence-corrected chi connectivity index (χ2v) is 7.05. The van der Waals surface area contributed by atoms with Crippen LogP contribution in [-0.2, 0) is 10.0 Å². The normalized spacial score (nSPS) is 14.7. The van der Waals surface area contributed by atoms with Crippen molar-refractivity contribution in [3.63, 3.8) is 0 Å². The molecule has 0 unspecified atom stereocenters. The Bertz CT molecular complexity index is 740. The van der Waals surface area contributed by atoms with Crippen molar-refractivity contribution in [1.82, 2.24) is 9.97 Å². The van der Waals surface area contributed by atoms with Crippen molar-refractivity contribution in [3.05, 3.63) is 42.4 Å². The molecule has 0 radical (unpaired) electrons. The highest BCUT2D eigenvalue weighted by atomic mass is 32.2. The number of aryl methyl sites for hydroxylation is 1. The molecule has 0 spiro atoms. The van der Waals surface area contributed by atoms with Crippen LogP contribution >= 0.6 is 0 Å². The van der Waals surface area contributed by atoms with Gasteiger partial charge >= 0.3 is 0 Å². The lowest BCUT2D eigenvalue weighted by molar-refractivity contribution is 0.600. The molecule has 7 heteroatoms. The third-order valence-corrected chi connectivity index (χ3v) is 5.05. The summed E-state index contributed by atoms with van der Waals surface area (Å²) in [6.45, 7) is 1.89. The summed E-state index contributed by atoms with van der Waals surface area (Å²) in [6, 6.07) is 8.92. The average Bonchev–Trinajstić information content (AvgIpc) is 3.25.